The SMILES string of the molecule is CCC1CNC(C2CC2)CN1c1ccc(F)cc1C. The normalized spacial score (nSPS) is 27.6. The van der Waals surface area contributed by atoms with Gasteiger partial charge < -0.3 is 10.2 Å². The van der Waals surface area contributed by atoms with Gasteiger partial charge in [-0.05, 0) is 55.9 Å². The maximum absolute atomic E-state index is 13.3. The van der Waals surface area contributed by atoms with E-state index in [1.807, 2.05) is 13.0 Å². The van der Waals surface area contributed by atoms with Crippen LogP contribution in [0.25, 0.3) is 0 Å². The van der Waals surface area contributed by atoms with Gasteiger partial charge in [-0.25, -0.2) is 4.39 Å². The molecule has 1 aliphatic heterocycles. The van der Waals surface area contributed by atoms with Crippen molar-refractivity contribution in [1.29, 1.82) is 0 Å². The minimum absolute atomic E-state index is 0.136. The number of hydrogen-bond donors (Lipinski definition) is 1. The number of aryl methyl sites for hydroxylation is 1. The van der Waals surface area contributed by atoms with Gasteiger partial charge >= 0.3 is 0 Å². The van der Waals surface area contributed by atoms with Crippen molar-refractivity contribution in [2.45, 2.75) is 45.2 Å². The lowest BCUT2D eigenvalue weighted by Gasteiger charge is -2.42. The van der Waals surface area contributed by atoms with E-state index >= 15 is 0 Å². The zero-order chi connectivity index (χ0) is 13.4. The molecule has 0 aromatic heterocycles. The molecule has 1 saturated heterocycles. The third-order valence-electron chi connectivity index (χ3n) is 4.58. The molecule has 0 amide bonds. The van der Waals surface area contributed by atoms with Gasteiger partial charge in [-0.2, -0.15) is 0 Å². The predicted octanol–water partition coefficient (Wildman–Crippen LogP) is 3.10. The Kier molecular flexibility index (Phi) is 3.48. The predicted molar refractivity (Wildman–Crippen MR) is 77.1 cm³/mol. The molecule has 3 heteroatoms. The summed E-state index contributed by atoms with van der Waals surface area (Å²) in [5.41, 5.74) is 2.26. The van der Waals surface area contributed by atoms with Gasteiger partial charge in [-0.3, -0.25) is 0 Å². The van der Waals surface area contributed by atoms with Gasteiger partial charge in [0.2, 0.25) is 0 Å². The minimum atomic E-state index is -0.136. The average Bonchev–Trinajstić information content (AvgIpc) is 3.22. The number of rotatable bonds is 3. The lowest BCUT2D eigenvalue weighted by Crippen LogP contribution is -2.57. The average molecular weight is 262 g/mol. The molecule has 1 heterocycles. The molecule has 0 spiro atoms. The van der Waals surface area contributed by atoms with E-state index in [0.29, 0.717) is 12.1 Å². The standard InChI is InChI=1S/C16H23FN2/c1-3-14-9-18-15(12-4-5-12)10-19(14)16-7-6-13(17)8-11(16)2/h6-8,12,14-15,18H,3-5,9-10H2,1-2H3. The van der Waals surface area contributed by atoms with Crippen molar-refractivity contribution in [1.82, 2.24) is 5.32 Å². The van der Waals surface area contributed by atoms with E-state index in [-0.39, 0.29) is 5.82 Å². The van der Waals surface area contributed by atoms with Crippen molar-refractivity contribution in [3.05, 3.63) is 29.6 Å². The molecule has 0 radical (unpaired) electrons. The molecule has 2 unspecified atom stereocenters. The van der Waals surface area contributed by atoms with E-state index in [1.54, 1.807) is 12.1 Å². The first-order valence-corrected chi connectivity index (χ1v) is 7.45. The fourth-order valence-corrected chi connectivity index (χ4v) is 3.24. The lowest BCUT2D eigenvalue weighted by atomic mass is 10.0. The molecule has 19 heavy (non-hydrogen) atoms. The van der Waals surface area contributed by atoms with Gasteiger partial charge in [0.25, 0.3) is 0 Å². The Bertz CT molecular complexity index is 456. The van der Waals surface area contributed by atoms with Crippen LogP contribution in [0.4, 0.5) is 10.1 Å². The van der Waals surface area contributed by atoms with Crippen molar-refractivity contribution >= 4 is 5.69 Å². The second-order valence-electron chi connectivity index (χ2n) is 6.00. The van der Waals surface area contributed by atoms with E-state index in [0.717, 1.165) is 31.0 Å². The first kappa shape index (κ1) is 12.9. The molecule has 2 fully saturated rings. The molecule has 0 bridgehead atoms. The number of anilines is 1. The van der Waals surface area contributed by atoms with Gasteiger partial charge in [-0.15, -0.1) is 0 Å². The summed E-state index contributed by atoms with van der Waals surface area (Å²) in [4.78, 5) is 2.49. The highest BCUT2D eigenvalue weighted by Crippen LogP contribution is 2.36. The second-order valence-corrected chi connectivity index (χ2v) is 6.00. The van der Waals surface area contributed by atoms with E-state index in [1.165, 1.54) is 18.5 Å². The second kappa shape index (κ2) is 5.12. The molecule has 1 aromatic rings. The largest absolute Gasteiger partial charge is 0.365 e. The quantitative estimate of drug-likeness (QED) is 0.900. The first-order valence-electron chi connectivity index (χ1n) is 7.45. The van der Waals surface area contributed by atoms with Gasteiger partial charge in [-0.1, -0.05) is 6.92 Å². The van der Waals surface area contributed by atoms with Crippen LogP contribution < -0.4 is 10.2 Å². The Hall–Kier alpha value is -1.09. The van der Waals surface area contributed by atoms with Crippen LogP contribution >= 0.6 is 0 Å². The summed E-state index contributed by atoms with van der Waals surface area (Å²) in [6.07, 6.45) is 3.86. The Balaban J connectivity index is 1.85. The van der Waals surface area contributed by atoms with Crippen molar-refractivity contribution in [3.63, 3.8) is 0 Å². The van der Waals surface area contributed by atoms with Crippen LogP contribution in [0.2, 0.25) is 0 Å². The Labute approximate surface area is 115 Å². The Morgan fingerprint density at radius 1 is 1.37 bits per heavy atom. The number of hydrogen-bond acceptors (Lipinski definition) is 2. The van der Waals surface area contributed by atoms with E-state index in [2.05, 4.69) is 17.1 Å². The maximum Gasteiger partial charge on any atom is 0.123 e. The highest BCUT2D eigenvalue weighted by molar-refractivity contribution is 5.54. The molecule has 2 atom stereocenters. The maximum atomic E-state index is 13.3. The zero-order valence-corrected chi connectivity index (χ0v) is 11.8. The smallest absolute Gasteiger partial charge is 0.123 e. The van der Waals surface area contributed by atoms with Crippen molar-refractivity contribution in [3.8, 4) is 0 Å². The summed E-state index contributed by atoms with van der Waals surface area (Å²) in [7, 11) is 0. The summed E-state index contributed by atoms with van der Waals surface area (Å²) in [6.45, 7) is 6.36. The molecular weight excluding hydrogens is 239 g/mol. The zero-order valence-electron chi connectivity index (χ0n) is 11.8. The van der Waals surface area contributed by atoms with E-state index < -0.39 is 0 Å². The van der Waals surface area contributed by atoms with Crippen molar-refractivity contribution in [2.24, 2.45) is 5.92 Å². The third kappa shape index (κ3) is 2.62. The summed E-state index contributed by atoms with van der Waals surface area (Å²) in [5.74, 6) is 0.726. The molecule has 2 nitrogen and oxygen atoms in total. The first-order chi connectivity index (χ1) is 9.19. The summed E-state index contributed by atoms with van der Waals surface area (Å²) < 4.78 is 13.3. The van der Waals surface area contributed by atoms with Crippen LogP contribution in [-0.4, -0.2) is 25.2 Å². The number of piperazine rings is 1. The number of halogens is 1. The molecule has 1 aliphatic carbocycles. The highest BCUT2D eigenvalue weighted by Gasteiger charge is 2.37. The van der Waals surface area contributed by atoms with Crippen LogP contribution in [0.15, 0.2) is 18.2 Å². The van der Waals surface area contributed by atoms with Crippen LogP contribution in [0, 0.1) is 18.7 Å². The van der Waals surface area contributed by atoms with Crippen molar-refractivity contribution in [2.75, 3.05) is 18.0 Å². The number of benzene rings is 1. The molecule has 1 N–H and O–H groups in total. The molecule has 104 valence electrons. The highest BCUT2D eigenvalue weighted by atomic mass is 19.1. The van der Waals surface area contributed by atoms with Gasteiger partial charge in [0.1, 0.15) is 5.82 Å². The van der Waals surface area contributed by atoms with Crippen LogP contribution in [0.1, 0.15) is 31.7 Å². The Morgan fingerprint density at radius 3 is 2.79 bits per heavy atom. The van der Waals surface area contributed by atoms with E-state index in [4.69, 9.17) is 0 Å². The van der Waals surface area contributed by atoms with Crippen LogP contribution in [0.5, 0.6) is 0 Å². The molecular formula is C16H23FN2. The molecule has 1 aromatic carbocycles. The van der Waals surface area contributed by atoms with Crippen LogP contribution in [0.3, 0.4) is 0 Å². The third-order valence-corrected chi connectivity index (χ3v) is 4.58. The van der Waals surface area contributed by atoms with Gasteiger partial charge in [0, 0.05) is 30.9 Å². The van der Waals surface area contributed by atoms with Gasteiger partial charge in [0.15, 0.2) is 0 Å². The molecule has 1 saturated carbocycles. The molecule has 2 aliphatic rings. The fourth-order valence-electron chi connectivity index (χ4n) is 3.24. The van der Waals surface area contributed by atoms with Crippen molar-refractivity contribution < 1.29 is 4.39 Å². The summed E-state index contributed by atoms with van der Waals surface area (Å²) >= 11 is 0. The number of nitrogens with one attached hydrogen (secondary N) is 1. The number of nitrogens with zero attached hydrogens (tertiary/aromatic N) is 1. The summed E-state index contributed by atoms with van der Waals surface area (Å²) in [5, 5.41) is 3.70. The molecule has 3 rings (SSSR count). The fraction of sp³-hybridized carbons (Fsp3) is 0.625. The monoisotopic (exact) mass is 262 g/mol. The lowest BCUT2D eigenvalue weighted by molar-refractivity contribution is 0.359. The van der Waals surface area contributed by atoms with E-state index in [9.17, 15) is 4.39 Å². The summed E-state index contributed by atoms with van der Waals surface area (Å²) in [6, 6.07) is 6.33. The topological polar surface area (TPSA) is 15.3 Å². The minimum Gasteiger partial charge on any atom is -0.365 e. The van der Waals surface area contributed by atoms with Crippen LogP contribution in [-0.2, 0) is 0 Å². The van der Waals surface area contributed by atoms with Gasteiger partial charge in [0.05, 0.1) is 0 Å². The Morgan fingerprint density at radius 2 is 2.16 bits per heavy atom.